The van der Waals surface area contributed by atoms with Crippen LogP contribution in [0.15, 0.2) is 58.5 Å². The van der Waals surface area contributed by atoms with Gasteiger partial charge in [0.2, 0.25) is 10.0 Å². The highest BCUT2D eigenvalue weighted by atomic mass is 32.2. The number of ether oxygens (including phenoxy) is 1. The number of hydrogen-bond acceptors (Lipinski definition) is 7. The maximum atomic E-state index is 12.5. The lowest BCUT2D eigenvalue weighted by atomic mass is 10.2. The predicted molar refractivity (Wildman–Crippen MR) is 105 cm³/mol. The predicted octanol–water partition coefficient (Wildman–Crippen LogP) is 1.63. The normalized spacial score (nSPS) is 11.7. The molecule has 0 saturated carbocycles. The Balaban J connectivity index is 1.70. The molecule has 0 unspecified atom stereocenters. The number of aromatic nitrogens is 2. The minimum absolute atomic E-state index is 0.134. The third kappa shape index (κ3) is 4.25. The van der Waals surface area contributed by atoms with Crippen LogP contribution in [0, 0.1) is 10.1 Å². The molecule has 11 heteroatoms. The average molecular weight is 418 g/mol. The number of benzene rings is 2. The van der Waals surface area contributed by atoms with E-state index < -0.39 is 14.9 Å². The van der Waals surface area contributed by atoms with Crippen molar-refractivity contribution < 1.29 is 18.1 Å². The molecule has 0 atom stereocenters. The van der Waals surface area contributed by atoms with Crippen LogP contribution in [0.2, 0.25) is 0 Å². The van der Waals surface area contributed by atoms with Crippen LogP contribution in [0.5, 0.6) is 5.75 Å². The van der Waals surface area contributed by atoms with Crippen LogP contribution in [-0.2, 0) is 16.6 Å². The summed E-state index contributed by atoms with van der Waals surface area (Å²) in [5, 5.41) is 11.1. The number of nitrogens with zero attached hydrogens (tertiary/aromatic N) is 4. The van der Waals surface area contributed by atoms with Crippen molar-refractivity contribution in [3.63, 3.8) is 0 Å². The van der Waals surface area contributed by atoms with E-state index in [2.05, 4.69) is 4.98 Å². The molecule has 29 heavy (non-hydrogen) atoms. The van der Waals surface area contributed by atoms with Gasteiger partial charge in [0.25, 0.3) is 11.2 Å². The van der Waals surface area contributed by atoms with Gasteiger partial charge in [0.1, 0.15) is 12.4 Å². The van der Waals surface area contributed by atoms with Crippen LogP contribution in [0.4, 0.5) is 5.69 Å². The van der Waals surface area contributed by atoms with E-state index in [4.69, 9.17) is 4.74 Å². The van der Waals surface area contributed by atoms with Gasteiger partial charge in [-0.15, -0.1) is 0 Å². The van der Waals surface area contributed by atoms with E-state index in [1.54, 1.807) is 0 Å². The van der Waals surface area contributed by atoms with Gasteiger partial charge in [-0.05, 0) is 30.3 Å². The third-order valence-electron chi connectivity index (χ3n) is 4.22. The molecule has 0 saturated heterocycles. The molecule has 0 aliphatic rings. The molecule has 0 bridgehead atoms. The lowest BCUT2D eigenvalue weighted by Crippen LogP contribution is -2.23. The summed E-state index contributed by atoms with van der Waals surface area (Å²) < 4.78 is 32.1. The molecule has 1 aromatic heterocycles. The van der Waals surface area contributed by atoms with E-state index in [-0.39, 0.29) is 40.2 Å². The van der Waals surface area contributed by atoms with Crippen molar-refractivity contribution in [3.05, 3.63) is 69.3 Å². The van der Waals surface area contributed by atoms with E-state index in [9.17, 15) is 23.3 Å². The highest BCUT2D eigenvalue weighted by molar-refractivity contribution is 7.89. The zero-order valence-corrected chi connectivity index (χ0v) is 16.5. The molecule has 1 heterocycles. The molecule has 3 rings (SSSR count). The summed E-state index contributed by atoms with van der Waals surface area (Å²) in [6.07, 6.45) is 1.31. The Morgan fingerprint density at radius 2 is 1.86 bits per heavy atom. The van der Waals surface area contributed by atoms with E-state index >= 15 is 0 Å². The van der Waals surface area contributed by atoms with Crippen molar-refractivity contribution in [3.8, 4) is 5.75 Å². The lowest BCUT2D eigenvalue weighted by Gasteiger charge is -2.12. The van der Waals surface area contributed by atoms with Crippen molar-refractivity contribution in [2.24, 2.45) is 0 Å². The van der Waals surface area contributed by atoms with Gasteiger partial charge in [-0.2, -0.15) is 0 Å². The molecule has 10 nitrogen and oxygen atoms in total. The maximum absolute atomic E-state index is 12.5. The summed E-state index contributed by atoms with van der Waals surface area (Å²) in [6.45, 7) is 0.358. The molecule has 152 valence electrons. The zero-order valence-electron chi connectivity index (χ0n) is 15.7. The highest BCUT2D eigenvalue weighted by Gasteiger charge is 2.16. The van der Waals surface area contributed by atoms with E-state index in [1.807, 2.05) is 0 Å². The molecule has 3 aromatic rings. The smallest absolute Gasteiger partial charge is 0.271 e. The molecule has 0 N–H and O–H groups in total. The first-order valence-electron chi connectivity index (χ1n) is 8.49. The summed E-state index contributed by atoms with van der Waals surface area (Å²) in [7, 11) is -0.607. The average Bonchev–Trinajstić information content (AvgIpc) is 2.69. The molecule has 2 aromatic carbocycles. The van der Waals surface area contributed by atoms with Gasteiger partial charge in [0, 0.05) is 26.2 Å². The Morgan fingerprint density at radius 1 is 1.17 bits per heavy atom. The summed E-state index contributed by atoms with van der Waals surface area (Å²) in [5.41, 5.74) is -0.217. The van der Waals surface area contributed by atoms with Gasteiger partial charge in [0.05, 0.1) is 33.6 Å². The van der Waals surface area contributed by atoms with Crippen molar-refractivity contribution in [2.45, 2.75) is 11.4 Å². The number of non-ortho nitro benzene ring substituents is 1. The van der Waals surface area contributed by atoms with Crippen molar-refractivity contribution in [1.29, 1.82) is 0 Å². The van der Waals surface area contributed by atoms with E-state index in [0.29, 0.717) is 5.75 Å². The standard InChI is InChI=1S/C18H18N4O6S/c1-20(2)29(26,27)15-6-4-14(5-7-15)28-10-9-21-12-19-17-11-13(22(24)25)3-8-16(17)18(21)23/h3-8,11-12H,9-10H2,1-2H3. The summed E-state index contributed by atoms with van der Waals surface area (Å²) >= 11 is 0. The topological polar surface area (TPSA) is 125 Å². The summed E-state index contributed by atoms with van der Waals surface area (Å²) in [5.74, 6) is 0.458. The van der Waals surface area contributed by atoms with Gasteiger partial charge in [0.15, 0.2) is 0 Å². The van der Waals surface area contributed by atoms with Gasteiger partial charge in [-0.3, -0.25) is 19.5 Å². The second kappa shape index (κ2) is 7.97. The number of hydrogen-bond donors (Lipinski definition) is 0. The molecule has 0 radical (unpaired) electrons. The molecule has 0 spiro atoms. The first kappa shape index (κ1) is 20.4. The highest BCUT2D eigenvalue weighted by Crippen LogP contribution is 2.18. The molecule has 0 amide bonds. The second-order valence-electron chi connectivity index (χ2n) is 6.31. The first-order chi connectivity index (χ1) is 13.7. The molecular weight excluding hydrogens is 400 g/mol. The number of fused-ring (bicyclic) bond motifs is 1. The Labute approximate surface area is 166 Å². The fourth-order valence-electron chi connectivity index (χ4n) is 2.60. The zero-order chi connectivity index (χ0) is 21.2. The Hall–Kier alpha value is -3.31. The fourth-order valence-corrected chi connectivity index (χ4v) is 3.50. The van der Waals surface area contributed by atoms with E-state index in [0.717, 1.165) is 4.31 Å². The van der Waals surface area contributed by atoms with Gasteiger partial charge in [-0.1, -0.05) is 0 Å². The summed E-state index contributed by atoms with van der Waals surface area (Å²) in [6, 6.07) is 9.86. The van der Waals surface area contributed by atoms with Crippen molar-refractivity contribution in [2.75, 3.05) is 20.7 Å². The minimum atomic E-state index is -3.51. The minimum Gasteiger partial charge on any atom is -0.492 e. The number of nitro benzene ring substituents is 1. The number of rotatable bonds is 7. The number of nitro groups is 1. The summed E-state index contributed by atoms with van der Waals surface area (Å²) in [4.78, 5) is 27.0. The lowest BCUT2D eigenvalue weighted by molar-refractivity contribution is -0.384. The van der Waals surface area contributed by atoms with Crippen LogP contribution < -0.4 is 10.3 Å². The van der Waals surface area contributed by atoms with Crippen LogP contribution >= 0.6 is 0 Å². The van der Waals surface area contributed by atoms with Gasteiger partial charge < -0.3 is 4.74 Å². The first-order valence-corrected chi connectivity index (χ1v) is 9.93. The maximum Gasteiger partial charge on any atom is 0.271 e. The number of sulfonamides is 1. The molecule has 0 aliphatic carbocycles. The van der Waals surface area contributed by atoms with E-state index in [1.165, 1.54) is 67.5 Å². The van der Waals surface area contributed by atoms with Gasteiger partial charge in [-0.25, -0.2) is 17.7 Å². The largest absolute Gasteiger partial charge is 0.492 e. The quantitative estimate of drug-likeness (QED) is 0.422. The van der Waals surface area contributed by atoms with Crippen LogP contribution in [-0.4, -0.2) is 47.9 Å². The third-order valence-corrected chi connectivity index (χ3v) is 6.05. The molecule has 0 fully saturated rings. The Bertz CT molecular complexity index is 1220. The van der Waals surface area contributed by atoms with Crippen LogP contribution in [0.25, 0.3) is 10.9 Å². The van der Waals surface area contributed by atoms with Crippen LogP contribution in [0.1, 0.15) is 0 Å². The van der Waals surface area contributed by atoms with Gasteiger partial charge >= 0.3 is 0 Å². The second-order valence-corrected chi connectivity index (χ2v) is 8.46. The monoisotopic (exact) mass is 418 g/mol. The van der Waals surface area contributed by atoms with Crippen LogP contribution in [0.3, 0.4) is 0 Å². The Kier molecular flexibility index (Phi) is 5.62. The Morgan fingerprint density at radius 3 is 2.48 bits per heavy atom. The van der Waals surface area contributed by atoms with Crippen molar-refractivity contribution >= 4 is 26.6 Å². The molecular formula is C18H18N4O6S. The fraction of sp³-hybridized carbons (Fsp3) is 0.222. The molecule has 0 aliphatic heterocycles. The SMILES string of the molecule is CN(C)S(=O)(=O)c1ccc(OCCn2cnc3cc([N+](=O)[O-])ccc3c2=O)cc1. The van der Waals surface area contributed by atoms with Crippen molar-refractivity contribution in [1.82, 2.24) is 13.9 Å².